The molecule has 0 bridgehead atoms. The zero-order valence-corrected chi connectivity index (χ0v) is 18.3. The predicted octanol–water partition coefficient (Wildman–Crippen LogP) is 4.38. The minimum atomic E-state index is -0.460. The molecule has 0 atom stereocenters. The fourth-order valence-corrected chi connectivity index (χ4v) is 4.51. The van der Waals surface area contributed by atoms with Gasteiger partial charge in [-0.1, -0.05) is 53.8 Å². The van der Waals surface area contributed by atoms with Crippen molar-refractivity contribution in [3.05, 3.63) is 98.7 Å². The molecule has 1 N–H and O–H groups in total. The summed E-state index contributed by atoms with van der Waals surface area (Å²) >= 11 is 0.981. The Kier molecular flexibility index (Phi) is 5.19. The second-order valence-corrected chi connectivity index (χ2v) is 8.47. The summed E-state index contributed by atoms with van der Waals surface area (Å²) in [4.78, 5) is 28.7. The van der Waals surface area contributed by atoms with Crippen molar-refractivity contribution in [3.63, 3.8) is 0 Å². The topological polar surface area (TPSA) is 107 Å². The average Bonchev–Trinajstić information content (AvgIpc) is 3.49. The lowest BCUT2D eigenvalue weighted by molar-refractivity contribution is -0.380. The van der Waals surface area contributed by atoms with Crippen LogP contribution in [0.4, 0.5) is 5.00 Å². The minimum Gasteiger partial charge on any atom is -0.305 e. The Bertz CT molecular complexity index is 1530. The molecule has 0 aliphatic rings. The maximum Gasteiger partial charge on any atom is 0.324 e. The van der Waals surface area contributed by atoms with Crippen LogP contribution in [0.2, 0.25) is 0 Å². The molecular formula is C23H18N6O3S. The maximum absolute atomic E-state index is 13.1. The highest BCUT2D eigenvalue weighted by Crippen LogP contribution is 2.26. The molecule has 0 unspecified atom stereocenters. The van der Waals surface area contributed by atoms with Crippen LogP contribution in [0, 0.1) is 17.0 Å². The van der Waals surface area contributed by atoms with Gasteiger partial charge >= 0.3 is 5.00 Å². The van der Waals surface area contributed by atoms with E-state index in [-0.39, 0.29) is 5.00 Å². The van der Waals surface area contributed by atoms with Gasteiger partial charge in [-0.25, -0.2) is 10.4 Å². The van der Waals surface area contributed by atoms with E-state index in [9.17, 15) is 14.9 Å². The van der Waals surface area contributed by atoms with Gasteiger partial charge in [0.05, 0.1) is 39.3 Å². The van der Waals surface area contributed by atoms with Gasteiger partial charge < -0.3 is 4.57 Å². The summed E-state index contributed by atoms with van der Waals surface area (Å²) in [7, 11) is 0. The van der Waals surface area contributed by atoms with Crippen LogP contribution in [0.25, 0.3) is 16.8 Å². The third kappa shape index (κ3) is 3.76. The lowest BCUT2D eigenvalue weighted by Crippen LogP contribution is -2.20. The number of nitrogens with one attached hydrogen (secondary N) is 1. The summed E-state index contributed by atoms with van der Waals surface area (Å²) in [6.45, 7) is 2.40. The van der Waals surface area contributed by atoms with E-state index < -0.39 is 10.8 Å². The fourth-order valence-electron chi connectivity index (χ4n) is 3.82. The molecule has 0 fully saturated rings. The molecule has 5 aromatic rings. The van der Waals surface area contributed by atoms with Crippen molar-refractivity contribution in [2.75, 3.05) is 0 Å². The van der Waals surface area contributed by atoms with E-state index in [0.29, 0.717) is 28.6 Å². The third-order valence-electron chi connectivity index (χ3n) is 5.24. The first-order valence-electron chi connectivity index (χ1n) is 10.1. The van der Waals surface area contributed by atoms with Gasteiger partial charge in [-0.15, -0.1) is 0 Å². The Morgan fingerprint density at radius 2 is 1.85 bits per heavy atom. The number of nitrogens with zero attached hydrogens (tertiary/aromatic N) is 5. The number of aryl methyl sites for hydroxylation is 1. The zero-order chi connectivity index (χ0) is 22.9. The van der Waals surface area contributed by atoms with E-state index in [1.165, 1.54) is 12.3 Å². The van der Waals surface area contributed by atoms with E-state index in [0.717, 1.165) is 27.9 Å². The molecule has 0 aliphatic carbocycles. The second kappa shape index (κ2) is 8.32. The van der Waals surface area contributed by atoms with Crippen LogP contribution in [0.3, 0.4) is 0 Å². The predicted molar refractivity (Wildman–Crippen MR) is 127 cm³/mol. The van der Waals surface area contributed by atoms with Gasteiger partial charge in [0.1, 0.15) is 5.69 Å². The maximum atomic E-state index is 13.1. The van der Waals surface area contributed by atoms with Gasteiger partial charge in [0.25, 0.3) is 5.91 Å². The van der Waals surface area contributed by atoms with Gasteiger partial charge in [0.15, 0.2) is 0 Å². The molecule has 3 aromatic heterocycles. The second-order valence-electron chi connectivity index (χ2n) is 7.37. The SMILES string of the molecule is Cc1nc2n(Cc3ccccc3)c3ccccc3n2c1C(=O)N/N=C/c1ccc([N+](=O)[O-])s1. The standard InChI is InChI=1S/C23H18N6O3S/c1-15-21(22(30)26-24-13-17-11-12-20(33-17)29(31)32)28-19-10-6-5-9-18(19)27(23(28)25-15)14-16-7-3-2-4-8-16/h2-13H,14H2,1H3,(H,26,30)/b24-13+. The molecule has 0 aliphatic heterocycles. The molecular weight excluding hydrogens is 440 g/mol. The largest absolute Gasteiger partial charge is 0.324 e. The van der Waals surface area contributed by atoms with Crippen molar-refractivity contribution in [1.82, 2.24) is 19.4 Å². The fraction of sp³-hybridized carbons (Fsp3) is 0.0870. The van der Waals surface area contributed by atoms with Gasteiger partial charge in [-0.2, -0.15) is 5.10 Å². The first-order valence-corrected chi connectivity index (χ1v) is 10.9. The van der Waals surface area contributed by atoms with Crippen LogP contribution >= 0.6 is 11.3 Å². The monoisotopic (exact) mass is 458 g/mol. The van der Waals surface area contributed by atoms with Crippen LogP contribution in [-0.2, 0) is 6.54 Å². The van der Waals surface area contributed by atoms with Crippen LogP contribution in [0.15, 0.2) is 71.8 Å². The van der Waals surface area contributed by atoms with E-state index in [1.807, 2.05) is 46.9 Å². The summed E-state index contributed by atoms with van der Waals surface area (Å²) < 4.78 is 3.93. The number of imidazole rings is 2. The van der Waals surface area contributed by atoms with Gasteiger partial charge in [-0.05, 0) is 30.7 Å². The number of fused-ring (bicyclic) bond motifs is 3. The summed E-state index contributed by atoms with van der Waals surface area (Å²) in [5.74, 6) is 0.255. The Morgan fingerprint density at radius 1 is 1.12 bits per heavy atom. The molecule has 0 spiro atoms. The molecule has 33 heavy (non-hydrogen) atoms. The highest BCUT2D eigenvalue weighted by atomic mass is 32.1. The lowest BCUT2D eigenvalue weighted by atomic mass is 10.2. The number of benzene rings is 2. The van der Waals surface area contributed by atoms with Crippen molar-refractivity contribution in [1.29, 1.82) is 0 Å². The number of hydrazone groups is 1. The van der Waals surface area contributed by atoms with E-state index in [4.69, 9.17) is 4.98 Å². The van der Waals surface area contributed by atoms with Crippen molar-refractivity contribution < 1.29 is 9.72 Å². The van der Waals surface area contributed by atoms with Crippen molar-refractivity contribution in [2.24, 2.45) is 5.10 Å². The van der Waals surface area contributed by atoms with Crippen molar-refractivity contribution >= 4 is 45.3 Å². The highest BCUT2D eigenvalue weighted by molar-refractivity contribution is 7.16. The van der Waals surface area contributed by atoms with Gasteiger partial charge in [0.2, 0.25) is 5.78 Å². The zero-order valence-electron chi connectivity index (χ0n) is 17.5. The molecule has 9 nitrogen and oxygen atoms in total. The van der Waals surface area contributed by atoms with Crippen molar-refractivity contribution in [3.8, 4) is 0 Å². The Morgan fingerprint density at radius 3 is 2.58 bits per heavy atom. The highest BCUT2D eigenvalue weighted by Gasteiger charge is 2.22. The Balaban J connectivity index is 1.51. The van der Waals surface area contributed by atoms with Crippen LogP contribution in [0.5, 0.6) is 0 Å². The summed E-state index contributed by atoms with van der Waals surface area (Å²) in [6, 6.07) is 20.9. The average molecular weight is 459 g/mol. The molecule has 2 aromatic carbocycles. The molecule has 3 heterocycles. The number of thiophene rings is 1. The van der Waals surface area contributed by atoms with E-state index in [2.05, 4.69) is 27.2 Å². The number of carbonyl (C=O) groups excluding carboxylic acids is 1. The number of nitro groups is 1. The third-order valence-corrected chi connectivity index (χ3v) is 6.21. The number of hydrogen-bond acceptors (Lipinski definition) is 6. The molecule has 0 saturated heterocycles. The first kappa shape index (κ1) is 20.6. The summed E-state index contributed by atoms with van der Waals surface area (Å²) in [6.07, 6.45) is 1.39. The van der Waals surface area contributed by atoms with Crippen LogP contribution < -0.4 is 5.43 Å². The number of carbonyl (C=O) groups is 1. The number of amides is 1. The van der Waals surface area contributed by atoms with Crippen LogP contribution in [-0.4, -0.2) is 31.0 Å². The molecule has 0 saturated carbocycles. The smallest absolute Gasteiger partial charge is 0.305 e. The Labute approximate surface area is 191 Å². The van der Waals surface area contributed by atoms with Gasteiger partial charge in [0, 0.05) is 6.07 Å². The number of aromatic nitrogens is 3. The molecule has 0 radical (unpaired) electrons. The number of hydrogen-bond donors (Lipinski definition) is 1. The van der Waals surface area contributed by atoms with Crippen LogP contribution in [0.1, 0.15) is 26.6 Å². The molecule has 10 heteroatoms. The first-order chi connectivity index (χ1) is 16.0. The molecule has 5 rings (SSSR count). The van der Waals surface area contributed by atoms with E-state index in [1.54, 1.807) is 13.0 Å². The number of para-hydroxylation sites is 2. The molecule has 1 amide bonds. The van der Waals surface area contributed by atoms with Gasteiger partial charge in [-0.3, -0.25) is 19.3 Å². The Hall–Kier alpha value is -4.31. The molecule has 164 valence electrons. The van der Waals surface area contributed by atoms with E-state index >= 15 is 0 Å². The summed E-state index contributed by atoms with van der Waals surface area (Å²) in [5.41, 5.74) is 6.46. The summed E-state index contributed by atoms with van der Waals surface area (Å²) in [5, 5.41) is 14.8. The number of rotatable bonds is 6. The normalized spacial score (nSPS) is 11.5. The minimum absolute atomic E-state index is 0.0161. The lowest BCUT2D eigenvalue weighted by Gasteiger charge is -2.05. The van der Waals surface area contributed by atoms with Crippen molar-refractivity contribution in [2.45, 2.75) is 13.5 Å². The quantitative estimate of drug-likeness (QED) is 0.231.